The van der Waals surface area contributed by atoms with E-state index in [0.717, 1.165) is 32.1 Å². The minimum absolute atomic E-state index is 0.155. The van der Waals surface area contributed by atoms with Gasteiger partial charge in [0, 0.05) is 25.7 Å². The predicted molar refractivity (Wildman–Crippen MR) is 66.1 cm³/mol. The monoisotopic (exact) mass is 274 g/mol. The lowest BCUT2D eigenvalue weighted by molar-refractivity contribution is -0.141. The quantitative estimate of drug-likeness (QED) is 0.783. The molecule has 0 radical (unpaired) electrons. The van der Waals surface area contributed by atoms with Gasteiger partial charge in [0.1, 0.15) is 17.3 Å². The Kier molecular flexibility index (Phi) is 3.93. The summed E-state index contributed by atoms with van der Waals surface area (Å²) in [7, 11) is 2.01. The van der Waals surface area contributed by atoms with Gasteiger partial charge >= 0.3 is 6.18 Å². The fraction of sp³-hybridized carbons (Fsp3) is 0.667. The van der Waals surface area contributed by atoms with E-state index in [2.05, 4.69) is 14.9 Å². The first-order valence-corrected chi connectivity index (χ1v) is 6.22. The summed E-state index contributed by atoms with van der Waals surface area (Å²) in [5.41, 5.74) is -0.868. The zero-order valence-electron chi connectivity index (χ0n) is 11.0. The highest BCUT2D eigenvalue weighted by Gasteiger charge is 2.34. The number of hydrogen-bond acceptors (Lipinski definition) is 4. The highest BCUT2D eigenvalue weighted by atomic mass is 19.4. The predicted octanol–water partition coefficient (Wildman–Crippen LogP) is 1.95. The molecule has 4 nitrogen and oxygen atoms in total. The van der Waals surface area contributed by atoms with E-state index in [-0.39, 0.29) is 5.82 Å². The summed E-state index contributed by atoms with van der Waals surface area (Å²) in [6.07, 6.45) is -3.51. The Morgan fingerprint density at radius 2 is 1.84 bits per heavy atom. The van der Waals surface area contributed by atoms with Crippen molar-refractivity contribution in [1.29, 1.82) is 0 Å². The van der Waals surface area contributed by atoms with Crippen molar-refractivity contribution in [2.75, 3.05) is 38.1 Å². The van der Waals surface area contributed by atoms with Crippen molar-refractivity contribution in [2.24, 2.45) is 0 Å². The maximum atomic E-state index is 12.7. The second-order valence-electron chi connectivity index (χ2n) is 4.80. The molecule has 1 aliphatic heterocycles. The average molecular weight is 274 g/mol. The minimum Gasteiger partial charge on any atom is -0.355 e. The number of aromatic nitrogens is 2. The van der Waals surface area contributed by atoms with E-state index in [1.807, 2.05) is 11.9 Å². The van der Waals surface area contributed by atoms with E-state index in [4.69, 9.17) is 0 Å². The third kappa shape index (κ3) is 3.56. The van der Waals surface area contributed by atoms with Crippen molar-refractivity contribution in [2.45, 2.75) is 19.5 Å². The lowest BCUT2D eigenvalue weighted by Gasteiger charge is -2.22. The summed E-state index contributed by atoms with van der Waals surface area (Å²) >= 11 is 0. The van der Waals surface area contributed by atoms with Crippen LogP contribution in [0, 0.1) is 6.92 Å². The van der Waals surface area contributed by atoms with Crippen LogP contribution in [0.1, 0.15) is 17.9 Å². The van der Waals surface area contributed by atoms with Gasteiger partial charge in [-0.15, -0.1) is 0 Å². The van der Waals surface area contributed by atoms with Crippen LogP contribution in [0.25, 0.3) is 0 Å². The molecule has 106 valence electrons. The van der Waals surface area contributed by atoms with Crippen LogP contribution in [0.4, 0.5) is 19.0 Å². The molecule has 0 saturated carbocycles. The average Bonchev–Trinajstić information content (AvgIpc) is 2.52. The Bertz CT molecular complexity index is 447. The number of aryl methyl sites for hydroxylation is 1. The van der Waals surface area contributed by atoms with Crippen molar-refractivity contribution >= 4 is 5.82 Å². The zero-order chi connectivity index (χ0) is 14.0. The molecule has 0 N–H and O–H groups in total. The molecule has 2 heterocycles. The molecule has 0 unspecified atom stereocenters. The number of alkyl halides is 3. The molecule has 2 rings (SSSR count). The molecule has 1 saturated heterocycles. The van der Waals surface area contributed by atoms with Gasteiger partial charge < -0.3 is 9.80 Å². The van der Waals surface area contributed by atoms with Crippen LogP contribution in [-0.4, -0.2) is 48.1 Å². The fourth-order valence-corrected chi connectivity index (χ4v) is 2.13. The van der Waals surface area contributed by atoms with Gasteiger partial charge in [0.05, 0.1) is 0 Å². The standard InChI is InChI=1S/C12H17F3N4/c1-9-16-10(12(13,14)15)8-11(17-9)19-5-3-4-18(2)6-7-19/h8H,3-7H2,1-2H3. The minimum atomic E-state index is -4.43. The lowest BCUT2D eigenvalue weighted by Crippen LogP contribution is -2.30. The summed E-state index contributed by atoms with van der Waals surface area (Å²) in [4.78, 5) is 11.7. The SMILES string of the molecule is Cc1nc(N2CCCN(C)CC2)cc(C(F)(F)F)n1. The molecule has 1 aromatic rings. The van der Waals surface area contributed by atoms with E-state index in [1.54, 1.807) is 0 Å². The first-order chi connectivity index (χ1) is 8.86. The molecule has 0 aliphatic carbocycles. The van der Waals surface area contributed by atoms with Crippen molar-refractivity contribution in [3.8, 4) is 0 Å². The molecule has 1 fully saturated rings. The summed E-state index contributed by atoms with van der Waals surface area (Å²) in [6, 6.07) is 1.04. The molecule has 0 spiro atoms. The zero-order valence-corrected chi connectivity index (χ0v) is 11.0. The number of hydrogen-bond donors (Lipinski definition) is 0. The van der Waals surface area contributed by atoms with E-state index < -0.39 is 11.9 Å². The summed E-state index contributed by atoms with van der Waals surface area (Å²) < 4.78 is 38.2. The third-order valence-electron chi connectivity index (χ3n) is 3.16. The van der Waals surface area contributed by atoms with Gasteiger partial charge in [-0.05, 0) is 26.9 Å². The van der Waals surface area contributed by atoms with Crippen LogP contribution in [0.3, 0.4) is 0 Å². The van der Waals surface area contributed by atoms with Gasteiger partial charge in [0.15, 0.2) is 0 Å². The Morgan fingerprint density at radius 3 is 2.53 bits per heavy atom. The first kappa shape index (κ1) is 14.0. The molecule has 1 aromatic heterocycles. The van der Waals surface area contributed by atoms with Crippen molar-refractivity contribution < 1.29 is 13.2 Å². The van der Waals surface area contributed by atoms with Crippen molar-refractivity contribution in [1.82, 2.24) is 14.9 Å². The van der Waals surface area contributed by atoms with E-state index in [9.17, 15) is 13.2 Å². The van der Waals surface area contributed by atoms with Crippen LogP contribution >= 0.6 is 0 Å². The van der Waals surface area contributed by atoms with Crippen LogP contribution in [0.2, 0.25) is 0 Å². The van der Waals surface area contributed by atoms with Gasteiger partial charge in [-0.2, -0.15) is 13.2 Å². The fourth-order valence-electron chi connectivity index (χ4n) is 2.13. The van der Waals surface area contributed by atoms with Crippen molar-refractivity contribution in [3.05, 3.63) is 17.6 Å². The number of likely N-dealkylation sites (N-methyl/N-ethyl adjacent to an activating group) is 1. The molecule has 0 aromatic carbocycles. The Labute approximate surface area is 110 Å². The van der Waals surface area contributed by atoms with Crippen LogP contribution in [0.15, 0.2) is 6.07 Å². The van der Waals surface area contributed by atoms with Gasteiger partial charge in [-0.1, -0.05) is 0 Å². The normalized spacial score (nSPS) is 18.5. The Balaban J connectivity index is 2.26. The van der Waals surface area contributed by atoms with E-state index in [1.165, 1.54) is 6.92 Å². The summed E-state index contributed by atoms with van der Waals surface area (Å²) in [5.74, 6) is 0.526. The molecule has 0 bridgehead atoms. The number of anilines is 1. The molecular weight excluding hydrogens is 257 g/mol. The molecule has 0 atom stereocenters. The molecule has 7 heteroatoms. The van der Waals surface area contributed by atoms with Crippen LogP contribution in [0.5, 0.6) is 0 Å². The van der Waals surface area contributed by atoms with Gasteiger partial charge in [-0.25, -0.2) is 9.97 Å². The number of nitrogens with zero attached hydrogens (tertiary/aromatic N) is 4. The van der Waals surface area contributed by atoms with Gasteiger partial charge in [0.2, 0.25) is 0 Å². The molecule has 0 amide bonds. The van der Waals surface area contributed by atoms with Crippen molar-refractivity contribution in [3.63, 3.8) is 0 Å². The molecule has 1 aliphatic rings. The van der Waals surface area contributed by atoms with Gasteiger partial charge in [0.25, 0.3) is 0 Å². The largest absolute Gasteiger partial charge is 0.433 e. The smallest absolute Gasteiger partial charge is 0.355 e. The molecular formula is C12H17F3N4. The highest BCUT2D eigenvalue weighted by Crippen LogP contribution is 2.29. The third-order valence-corrected chi connectivity index (χ3v) is 3.16. The Morgan fingerprint density at radius 1 is 1.11 bits per heavy atom. The Hall–Kier alpha value is -1.37. The number of halogens is 3. The highest BCUT2D eigenvalue weighted by molar-refractivity contribution is 5.40. The maximum absolute atomic E-state index is 12.7. The van der Waals surface area contributed by atoms with Crippen LogP contribution in [-0.2, 0) is 6.18 Å². The van der Waals surface area contributed by atoms with Crippen LogP contribution < -0.4 is 4.90 Å². The summed E-state index contributed by atoms with van der Waals surface area (Å²) in [5, 5.41) is 0. The number of rotatable bonds is 1. The topological polar surface area (TPSA) is 32.3 Å². The van der Waals surface area contributed by atoms with E-state index >= 15 is 0 Å². The first-order valence-electron chi connectivity index (χ1n) is 6.22. The maximum Gasteiger partial charge on any atom is 0.433 e. The second kappa shape index (κ2) is 5.32. The van der Waals surface area contributed by atoms with E-state index in [0.29, 0.717) is 12.4 Å². The molecule has 19 heavy (non-hydrogen) atoms. The lowest BCUT2D eigenvalue weighted by atomic mass is 10.3. The second-order valence-corrected chi connectivity index (χ2v) is 4.80. The van der Waals surface area contributed by atoms with Gasteiger partial charge in [-0.3, -0.25) is 0 Å². The summed E-state index contributed by atoms with van der Waals surface area (Å²) in [6.45, 7) is 4.67.